The summed E-state index contributed by atoms with van der Waals surface area (Å²) in [6.45, 7) is 3.13. The van der Waals surface area contributed by atoms with Gasteiger partial charge in [-0.05, 0) is 42.7 Å². The Hall–Kier alpha value is -3.35. The van der Waals surface area contributed by atoms with Crippen LogP contribution in [0.2, 0.25) is 0 Å². The van der Waals surface area contributed by atoms with E-state index in [0.717, 1.165) is 23.2 Å². The molecule has 0 aliphatic carbocycles. The molecule has 2 aromatic carbocycles. The minimum absolute atomic E-state index is 0.339. The number of aryl methyl sites for hydroxylation is 2. The van der Waals surface area contributed by atoms with Crippen LogP contribution in [0.3, 0.4) is 0 Å². The molecular formula is C21H24N2O5. The van der Waals surface area contributed by atoms with Gasteiger partial charge in [-0.1, -0.05) is 31.2 Å². The van der Waals surface area contributed by atoms with Crippen molar-refractivity contribution in [2.24, 2.45) is 0 Å². The van der Waals surface area contributed by atoms with Crippen LogP contribution in [-0.2, 0) is 20.7 Å². The maximum absolute atomic E-state index is 12.1. The molecule has 0 aliphatic heterocycles. The Balaban J connectivity index is 1.81. The minimum atomic E-state index is -0.702. The Kier molecular flexibility index (Phi) is 7.56. The van der Waals surface area contributed by atoms with Gasteiger partial charge in [-0.2, -0.15) is 0 Å². The molecule has 0 unspecified atom stereocenters. The molecule has 0 heterocycles. The summed E-state index contributed by atoms with van der Waals surface area (Å²) in [4.78, 5) is 35.9. The number of esters is 1. The van der Waals surface area contributed by atoms with Crippen molar-refractivity contribution >= 4 is 23.5 Å². The average Bonchev–Trinajstić information content (AvgIpc) is 2.71. The van der Waals surface area contributed by atoms with Gasteiger partial charge in [-0.3, -0.25) is 14.4 Å². The normalized spacial score (nSPS) is 10.1. The molecule has 28 heavy (non-hydrogen) atoms. The highest BCUT2D eigenvalue weighted by molar-refractivity contribution is 5.97. The summed E-state index contributed by atoms with van der Waals surface area (Å²) in [5.41, 5.74) is 3.03. The molecule has 2 amide bonds. The molecule has 0 saturated carbocycles. The van der Waals surface area contributed by atoms with Crippen molar-refractivity contribution in [1.29, 1.82) is 0 Å². The number of hydrogen-bond acceptors (Lipinski definition) is 5. The van der Waals surface area contributed by atoms with Crippen LogP contribution in [0.15, 0.2) is 42.5 Å². The van der Waals surface area contributed by atoms with Crippen molar-refractivity contribution in [3.8, 4) is 5.75 Å². The van der Waals surface area contributed by atoms with Crippen molar-refractivity contribution in [1.82, 2.24) is 5.32 Å². The van der Waals surface area contributed by atoms with Crippen molar-refractivity contribution < 1.29 is 23.9 Å². The van der Waals surface area contributed by atoms with Crippen LogP contribution in [-0.4, -0.2) is 38.0 Å². The van der Waals surface area contributed by atoms with E-state index in [0.29, 0.717) is 11.3 Å². The number of para-hydroxylation sites is 1. The number of rotatable bonds is 8. The second-order valence-corrected chi connectivity index (χ2v) is 6.09. The predicted molar refractivity (Wildman–Crippen MR) is 105 cm³/mol. The lowest BCUT2D eigenvalue weighted by Gasteiger charge is -2.13. The van der Waals surface area contributed by atoms with E-state index in [4.69, 9.17) is 9.47 Å². The van der Waals surface area contributed by atoms with Gasteiger partial charge in [-0.15, -0.1) is 0 Å². The lowest BCUT2D eigenvalue weighted by Crippen LogP contribution is -2.32. The number of hydrogen-bond donors (Lipinski definition) is 2. The number of anilines is 1. The first-order chi connectivity index (χ1) is 13.4. The standard InChI is InChI=1S/C21H24N2O5/c1-4-15-8-5-7-14(2)20(15)23-18(24)13-28-19(25)12-22-21(26)16-9-6-10-17(11-16)27-3/h5-11H,4,12-13H2,1-3H3,(H,22,26)(H,23,24). The van der Waals surface area contributed by atoms with Gasteiger partial charge in [0.1, 0.15) is 12.3 Å². The first kappa shape index (κ1) is 21.0. The summed E-state index contributed by atoms with van der Waals surface area (Å²) in [6.07, 6.45) is 0.771. The number of benzene rings is 2. The van der Waals surface area contributed by atoms with E-state index in [1.807, 2.05) is 32.0 Å². The van der Waals surface area contributed by atoms with Crippen molar-refractivity contribution in [2.45, 2.75) is 20.3 Å². The summed E-state index contributed by atoms with van der Waals surface area (Å²) in [7, 11) is 1.50. The Bertz CT molecular complexity index is 864. The SMILES string of the molecule is CCc1cccc(C)c1NC(=O)COC(=O)CNC(=O)c1cccc(OC)c1. The number of nitrogens with one attached hydrogen (secondary N) is 2. The van der Waals surface area contributed by atoms with E-state index in [1.54, 1.807) is 24.3 Å². The molecule has 0 radical (unpaired) electrons. The molecule has 2 aromatic rings. The fourth-order valence-corrected chi connectivity index (χ4v) is 2.59. The van der Waals surface area contributed by atoms with Crippen molar-refractivity contribution in [2.75, 3.05) is 25.6 Å². The Morgan fingerprint density at radius 3 is 2.54 bits per heavy atom. The Labute approximate surface area is 164 Å². The van der Waals surface area contributed by atoms with Crippen LogP contribution in [0.4, 0.5) is 5.69 Å². The maximum Gasteiger partial charge on any atom is 0.325 e. The molecule has 2 rings (SSSR count). The molecule has 0 fully saturated rings. The molecule has 0 atom stereocenters. The second kappa shape index (κ2) is 10.1. The molecule has 0 aliphatic rings. The molecule has 148 valence electrons. The van der Waals surface area contributed by atoms with Crippen molar-refractivity contribution in [3.63, 3.8) is 0 Å². The van der Waals surface area contributed by atoms with Gasteiger partial charge < -0.3 is 20.1 Å². The molecule has 0 aromatic heterocycles. The highest BCUT2D eigenvalue weighted by Gasteiger charge is 2.13. The van der Waals surface area contributed by atoms with Gasteiger partial charge >= 0.3 is 5.97 Å². The fraction of sp³-hybridized carbons (Fsp3) is 0.286. The monoisotopic (exact) mass is 384 g/mol. The van der Waals surface area contributed by atoms with E-state index < -0.39 is 24.4 Å². The van der Waals surface area contributed by atoms with Crippen LogP contribution >= 0.6 is 0 Å². The average molecular weight is 384 g/mol. The van der Waals surface area contributed by atoms with E-state index in [9.17, 15) is 14.4 Å². The largest absolute Gasteiger partial charge is 0.497 e. The number of ether oxygens (including phenoxy) is 2. The number of carbonyl (C=O) groups is 3. The lowest BCUT2D eigenvalue weighted by molar-refractivity contribution is -0.146. The highest BCUT2D eigenvalue weighted by Crippen LogP contribution is 2.20. The number of carbonyl (C=O) groups excluding carboxylic acids is 3. The maximum atomic E-state index is 12.1. The summed E-state index contributed by atoms with van der Waals surface area (Å²) in [5.74, 6) is -1.04. The van der Waals surface area contributed by atoms with E-state index in [-0.39, 0.29) is 6.54 Å². The highest BCUT2D eigenvalue weighted by atomic mass is 16.5. The molecule has 2 N–H and O–H groups in total. The van der Waals surface area contributed by atoms with Crippen molar-refractivity contribution in [3.05, 3.63) is 59.2 Å². The summed E-state index contributed by atoms with van der Waals surface area (Å²) >= 11 is 0. The van der Waals surface area contributed by atoms with Gasteiger partial charge in [0, 0.05) is 11.3 Å². The van der Waals surface area contributed by atoms with Crippen LogP contribution in [0.25, 0.3) is 0 Å². The second-order valence-electron chi connectivity index (χ2n) is 6.09. The molecule has 0 saturated heterocycles. The number of amides is 2. The van der Waals surface area contributed by atoms with Crippen LogP contribution in [0, 0.1) is 6.92 Å². The van der Waals surface area contributed by atoms with Gasteiger partial charge in [-0.25, -0.2) is 0 Å². The first-order valence-corrected chi connectivity index (χ1v) is 8.90. The topological polar surface area (TPSA) is 93.7 Å². The molecule has 0 spiro atoms. The third-order valence-corrected chi connectivity index (χ3v) is 4.09. The van der Waals surface area contributed by atoms with Crippen LogP contribution in [0.1, 0.15) is 28.4 Å². The van der Waals surface area contributed by atoms with E-state index in [1.165, 1.54) is 7.11 Å². The Morgan fingerprint density at radius 1 is 1.07 bits per heavy atom. The lowest BCUT2D eigenvalue weighted by atomic mass is 10.1. The van der Waals surface area contributed by atoms with Crippen LogP contribution in [0.5, 0.6) is 5.75 Å². The van der Waals surface area contributed by atoms with E-state index in [2.05, 4.69) is 10.6 Å². The van der Waals surface area contributed by atoms with Gasteiger partial charge in [0.15, 0.2) is 6.61 Å². The zero-order chi connectivity index (χ0) is 20.5. The molecule has 7 heteroatoms. The summed E-state index contributed by atoms with van der Waals surface area (Å²) in [6, 6.07) is 12.3. The molecule has 0 bridgehead atoms. The smallest absolute Gasteiger partial charge is 0.325 e. The van der Waals surface area contributed by atoms with Gasteiger partial charge in [0.25, 0.3) is 11.8 Å². The molecular weight excluding hydrogens is 360 g/mol. The third kappa shape index (κ3) is 5.84. The van der Waals surface area contributed by atoms with Gasteiger partial charge in [0.2, 0.25) is 0 Å². The van der Waals surface area contributed by atoms with Crippen LogP contribution < -0.4 is 15.4 Å². The fourth-order valence-electron chi connectivity index (χ4n) is 2.59. The third-order valence-electron chi connectivity index (χ3n) is 4.09. The minimum Gasteiger partial charge on any atom is -0.497 e. The first-order valence-electron chi connectivity index (χ1n) is 8.90. The number of methoxy groups -OCH3 is 1. The summed E-state index contributed by atoms with van der Waals surface area (Å²) < 4.78 is 9.98. The predicted octanol–water partition coefficient (Wildman–Crippen LogP) is 2.48. The summed E-state index contributed by atoms with van der Waals surface area (Å²) in [5, 5.41) is 5.22. The molecule has 7 nitrogen and oxygen atoms in total. The zero-order valence-corrected chi connectivity index (χ0v) is 16.2. The van der Waals surface area contributed by atoms with E-state index >= 15 is 0 Å². The quantitative estimate of drug-likeness (QED) is 0.682. The Morgan fingerprint density at radius 2 is 1.82 bits per heavy atom. The van der Waals surface area contributed by atoms with Gasteiger partial charge in [0.05, 0.1) is 7.11 Å². The zero-order valence-electron chi connectivity index (χ0n) is 16.2.